The molecule has 0 spiro atoms. The molecule has 3 nitrogen and oxygen atoms in total. The number of benzene rings is 1. The van der Waals surface area contributed by atoms with Crippen LogP contribution in [0.2, 0.25) is 0 Å². The second kappa shape index (κ2) is 5.29. The molecule has 3 atom stereocenters. The summed E-state index contributed by atoms with van der Waals surface area (Å²) in [4.78, 5) is 0. The Morgan fingerprint density at radius 1 is 1.22 bits per heavy atom. The normalized spacial score (nSPS) is 30.8. The van der Waals surface area contributed by atoms with E-state index in [0.717, 1.165) is 12.4 Å². The van der Waals surface area contributed by atoms with E-state index in [1.54, 1.807) is 0 Å². The number of methoxy groups -OCH3 is 1. The van der Waals surface area contributed by atoms with E-state index in [9.17, 15) is 0 Å². The maximum Gasteiger partial charge on any atom is 0.124 e. The van der Waals surface area contributed by atoms with Crippen LogP contribution in [-0.2, 0) is 4.74 Å². The average Bonchev–Trinajstić information content (AvgIpc) is 2.83. The van der Waals surface area contributed by atoms with Crippen molar-refractivity contribution in [2.24, 2.45) is 0 Å². The molecule has 1 N–H and O–H groups in total. The summed E-state index contributed by atoms with van der Waals surface area (Å²) in [5, 5.41) is 3.72. The van der Waals surface area contributed by atoms with E-state index in [-0.39, 0.29) is 0 Å². The molecule has 3 heteroatoms. The summed E-state index contributed by atoms with van der Waals surface area (Å²) in [6.07, 6.45) is 5.31. The van der Waals surface area contributed by atoms with E-state index >= 15 is 0 Å². The minimum Gasteiger partial charge on any atom is -0.491 e. The molecule has 0 radical (unpaired) electrons. The van der Waals surface area contributed by atoms with Crippen molar-refractivity contribution in [3.05, 3.63) is 29.8 Å². The molecule has 98 valence electrons. The first-order chi connectivity index (χ1) is 8.88. The number of fused-ring (bicyclic) bond motifs is 1. The van der Waals surface area contributed by atoms with Crippen molar-refractivity contribution in [1.29, 1.82) is 0 Å². The van der Waals surface area contributed by atoms with E-state index in [2.05, 4.69) is 17.4 Å². The molecule has 3 rings (SSSR count). The van der Waals surface area contributed by atoms with Gasteiger partial charge in [-0.3, -0.25) is 0 Å². The summed E-state index contributed by atoms with van der Waals surface area (Å²) in [5.74, 6) is 1.03. The van der Waals surface area contributed by atoms with Crippen molar-refractivity contribution in [3.63, 3.8) is 0 Å². The highest BCUT2D eigenvalue weighted by molar-refractivity contribution is 5.39. The van der Waals surface area contributed by atoms with Crippen LogP contribution in [0.25, 0.3) is 0 Å². The zero-order chi connectivity index (χ0) is 12.4. The lowest BCUT2D eigenvalue weighted by Crippen LogP contribution is -2.45. The van der Waals surface area contributed by atoms with Gasteiger partial charge in [0.2, 0.25) is 0 Å². The molecular weight excluding hydrogens is 226 g/mol. The van der Waals surface area contributed by atoms with Gasteiger partial charge in [-0.05, 0) is 18.9 Å². The van der Waals surface area contributed by atoms with Gasteiger partial charge in [-0.2, -0.15) is 0 Å². The van der Waals surface area contributed by atoms with Crippen LogP contribution in [0.1, 0.15) is 37.3 Å². The monoisotopic (exact) mass is 247 g/mol. The van der Waals surface area contributed by atoms with E-state index in [1.165, 1.54) is 31.2 Å². The molecule has 0 aromatic heterocycles. The molecule has 3 unspecified atom stereocenters. The third kappa shape index (κ3) is 2.25. The minimum absolute atomic E-state index is 0.321. The Morgan fingerprint density at radius 2 is 2.06 bits per heavy atom. The summed E-state index contributed by atoms with van der Waals surface area (Å²) < 4.78 is 11.3. The topological polar surface area (TPSA) is 30.5 Å². The van der Waals surface area contributed by atoms with Gasteiger partial charge < -0.3 is 14.8 Å². The number of nitrogens with one attached hydrogen (secondary N) is 1. The lowest BCUT2D eigenvalue weighted by molar-refractivity contribution is 0.0366. The highest BCUT2D eigenvalue weighted by atomic mass is 16.5. The second-order valence-corrected chi connectivity index (χ2v) is 5.23. The fourth-order valence-corrected chi connectivity index (χ4v) is 3.13. The van der Waals surface area contributed by atoms with Gasteiger partial charge in [-0.25, -0.2) is 0 Å². The van der Waals surface area contributed by atoms with Crippen LogP contribution in [0.4, 0.5) is 0 Å². The fourth-order valence-electron chi connectivity index (χ4n) is 3.13. The first-order valence-electron chi connectivity index (χ1n) is 6.89. The second-order valence-electron chi connectivity index (χ2n) is 5.23. The number of para-hydroxylation sites is 1. The van der Waals surface area contributed by atoms with Crippen LogP contribution in [0.3, 0.4) is 0 Å². The van der Waals surface area contributed by atoms with Gasteiger partial charge in [0, 0.05) is 18.7 Å². The quantitative estimate of drug-likeness (QED) is 0.890. The molecular formula is C15H21NO2. The summed E-state index contributed by atoms with van der Waals surface area (Å²) in [7, 11) is 1.82. The fraction of sp³-hybridized carbons (Fsp3) is 0.600. The Bertz CT molecular complexity index is 407. The average molecular weight is 247 g/mol. The Kier molecular flexibility index (Phi) is 3.52. The minimum atomic E-state index is 0.321. The molecule has 1 heterocycles. The van der Waals surface area contributed by atoms with Gasteiger partial charge in [0.15, 0.2) is 0 Å². The third-order valence-electron chi connectivity index (χ3n) is 4.12. The van der Waals surface area contributed by atoms with Gasteiger partial charge in [-0.1, -0.05) is 31.0 Å². The Morgan fingerprint density at radius 3 is 2.94 bits per heavy atom. The van der Waals surface area contributed by atoms with Gasteiger partial charge in [0.05, 0.1) is 12.1 Å². The summed E-state index contributed by atoms with van der Waals surface area (Å²) in [6, 6.07) is 9.10. The van der Waals surface area contributed by atoms with Crippen LogP contribution < -0.4 is 10.1 Å². The standard InChI is InChI=1S/C15H21NO2/c1-17-15-9-5-3-7-12(15)16-13-10-18-14-8-4-2-6-11(13)14/h2,4,6,8,12-13,15-16H,3,5,7,9-10H2,1H3. The maximum atomic E-state index is 5.72. The first kappa shape index (κ1) is 12.0. The number of hydrogen-bond donors (Lipinski definition) is 1. The highest BCUT2D eigenvalue weighted by Crippen LogP contribution is 2.33. The Labute approximate surface area is 108 Å². The van der Waals surface area contributed by atoms with Crippen molar-refractivity contribution >= 4 is 0 Å². The summed E-state index contributed by atoms with van der Waals surface area (Å²) in [5.41, 5.74) is 1.29. The molecule has 1 aliphatic carbocycles. The summed E-state index contributed by atoms with van der Waals surface area (Å²) >= 11 is 0. The Balaban J connectivity index is 1.70. The van der Waals surface area contributed by atoms with Crippen molar-refractivity contribution in [1.82, 2.24) is 5.32 Å². The van der Waals surface area contributed by atoms with Crippen LogP contribution >= 0.6 is 0 Å². The van der Waals surface area contributed by atoms with Crippen LogP contribution in [0, 0.1) is 0 Å². The molecule has 1 aromatic rings. The van der Waals surface area contributed by atoms with E-state index in [4.69, 9.17) is 9.47 Å². The van der Waals surface area contributed by atoms with Crippen molar-refractivity contribution in [3.8, 4) is 5.75 Å². The molecule has 1 aromatic carbocycles. The number of rotatable bonds is 3. The molecule has 1 aliphatic heterocycles. The number of ether oxygens (including phenoxy) is 2. The van der Waals surface area contributed by atoms with E-state index in [1.807, 2.05) is 19.2 Å². The molecule has 0 amide bonds. The van der Waals surface area contributed by atoms with Crippen LogP contribution in [0.5, 0.6) is 5.75 Å². The largest absolute Gasteiger partial charge is 0.491 e. The predicted octanol–water partition coefficient (Wildman–Crippen LogP) is 2.67. The van der Waals surface area contributed by atoms with Crippen molar-refractivity contribution in [2.45, 2.75) is 43.9 Å². The Hall–Kier alpha value is -1.06. The molecule has 2 aliphatic rings. The molecule has 1 fully saturated rings. The smallest absolute Gasteiger partial charge is 0.124 e. The SMILES string of the molecule is COC1CCCCC1NC1COc2ccccc21. The predicted molar refractivity (Wildman–Crippen MR) is 70.9 cm³/mol. The lowest BCUT2D eigenvalue weighted by Gasteiger charge is -2.33. The lowest BCUT2D eigenvalue weighted by atomic mass is 9.91. The molecule has 0 saturated heterocycles. The van der Waals surface area contributed by atoms with Crippen LogP contribution in [0.15, 0.2) is 24.3 Å². The zero-order valence-corrected chi connectivity index (χ0v) is 10.9. The highest BCUT2D eigenvalue weighted by Gasteiger charge is 2.31. The number of hydrogen-bond acceptors (Lipinski definition) is 3. The first-order valence-corrected chi connectivity index (χ1v) is 6.89. The third-order valence-corrected chi connectivity index (χ3v) is 4.12. The molecule has 1 saturated carbocycles. The molecule has 18 heavy (non-hydrogen) atoms. The van der Waals surface area contributed by atoms with E-state index in [0.29, 0.717) is 18.2 Å². The van der Waals surface area contributed by atoms with Gasteiger partial charge >= 0.3 is 0 Å². The van der Waals surface area contributed by atoms with Crippen molar-refractivity contribution < 1.29 is 9.47 Å². The van der Waals surface area contributed by atoms with E-state index < -0.39 is 0 Å². The van der Waals surface area contributed by atoms with Crippen molar-refractivity contribution in [2.75, 3.05) is 13.7 Å². The summed E-state index contributed by atoms with van der Waals surface area (Å²) in [6.45, 7) is 0.742. The zero-order valence-electron chi connectivity index (χ0n) is 10.9. The van der Waals surface area contributed by atoms with Gasteiger partial charge in [0.1, 0.15) is 12.4 Å². The van der Waals surface area contributed by atoms with Crippen LogP contribution in [-0.4, -0.2) is 25.9 Å². The maximum absolute atomic E-state index is 5.72. The molecule has 0 bridgehead atoms. The van der Waals surface area contributed by atoms with Gasteiger partial charge in [0.25, 0.3) is 0 Å². The van der Waals surface area contributed by atoms with Gasteiger partial charge in [-0.15, -0.1) is 0 Å².